The van der Waals surface area contributed by atoms with Gasteiger partial charge in [0.2, 0.25) is 0 Å². The van der Waals surface area contributed by atoms with Crippen LogP contribution in [0.15, 0.2) is 61.3 Å². The Hall–Kier alpha value is -2.37. The topological polar surface area (TPSA) is 55.9 Å². The molecule has 2 rings (SSSR count). The van der Waals surface area contributed by atoms with Crippen molar-refractivity contribution in [2.45, 2.75) is 39.0 Å². The van der Waals surface area contributed by atoms with E-state index in [0.29, 0.717) is 13.0 Å². The van der Waals surface area contributed by atoms with E-state index in [1.165, 1.54) is 16.2 Å². The SMILES string of the molecule is C=CC[NH+](Cc1cccn1Cc1ccccc1)C[C@@H](O)COC(=O)CCC. The molecule has 0 bridgehead atoms. The maximum absolute atomic E-state index is 11.5. The van der Waals surface area contributed by atoms with Crippen LogP contribution in [0.3, 0.4) is 0 Å². The highest BCUT2D eigenvalue weighted by Crippen LogP contribution is 2.07. The molecule has 0 aliphatic heterocycles. The summed E-state index contributed by atoms with van der Waals surface area (Å²) in [6.07, 6.45) is 4.40. The predicted octanol–water partition coefficient (Wildman–Crippen LogP) is 1.81. The molecule has 0 saturated carbocycles. The largest absolute Gasteiger partial charge is 0.463 e. The van der Waals surface area contributed by atoms with Gasteiger partial charge in [0, 0.05) is 19.2 Å². The average Bonchev–Trinajstić information content (AvgIpc) is 3.08. The smallest absolute Gasteiger partial charge is 0.305 e. The van der Waals surface area contributed by atoms with Crippen molar-refractivity contribution in [1.82, 2.24) is 4.57 Å². The van der Waals surface area contributed by atoms with E-state index in [2.05, 4.69) is 35.5 Å². The molecule has 0 radical (unpaired) electrons. The van der Waals surface area contributed by atoms with Gasteiger partial charge in [0.25, 0.3) is 0 Å². The minimum atomic E-state index is -0.682. The molecule has 27 heavy (non-hydrogen) atoms. The molecule has 5 nitrogen and oxygen atoms in total. The van der Waals surface area contributed by atoms with Gasteiger partial charge >= 0.3 is 5.97 Å². The first-order valence-electron chi connectivity index (χ1n) is 9.58. The minimum Gasteiger partial charge on any atom is -0.463 e. The van der Waals surface area contributed by atoms with Crippen molar-refractivity contribution in [3.05, 3.63) is 72.6 Å². The van der Waals surface area contributed by atoms with Gasteiger partial charge in [-0.15, -0.1) is 0 Å². The molecule has 5 heteroatoms. The second-order valence-corrected chi connectivity index (χ2v) is 6.82. The second kappa shape index (κ2) is 11.4. The maximum Gasteiger partial charge on any atom is 0.305 e. The first-order valence-corrected chi connectivity index (χ1v) is 9.58. The summed E-state index contributed by atoms with van der Waals surface area (Å²) in [5.41, 5.74) is 2.45. The van der Waals surface area contributed by atoms with Crippen LogP contribution in [0.4, 0.5) is 0 Å². The van der Waals surface area contributed by atoms with Crippen molar-refractivity contribution in [3.63, 3.8) is 0 Å². The molecule has 1 unspecified atom stereocenters. The molecule has 0 aliphatic rings. The lowest BCUT2D eigenvalue weighted by Crippen LogP contribution is -3.11. The highest BCUT2D eigenvalue weighted by atomic mass is 16.5. The first kappa shape index (κ1) is 20.9. The highest BCUT2D eigenvalue weighted by molar-refractivity contribution is 5.69. The van der Waals surface area contributed by atoms with E-state index in [4.69, 9.17) is 4.74 Å². The molecule has 0 spiro atoms. The molecule has 0 fully saturated rings. The fourth-order valence-corrected chi connectivity index (χ4v) is 3.09. The van der Waals surface area contributed by atoms with E-state index in [-0.39, 0.29) is 12.6 Å². The predicted molar refractivity (Wildman–Crippen MR) is 106 cm³/mol. The Bertz CT molecular complexity index is 697. The molecule has 1 heterocycles. The van der Waals surface area contributed by atoms with Crippen LogP contribution < -0.4 is 4.90 Å². The summed E-state index contributed by atoms with van der Waals surface area (Å²) < 4.78 is 7.36. The molecular weight excluding hydrogens is 340 g/mol. The number of esters is 1. The Morgan fingerprint density at radius 1 is 1.30 bits per heavy atom. The maximum atomic E-state index is 11.5. The number of quaternary nitrogens is 1. The van der Waals surface area contributed by atoms with Gasteiger partial charge in [-0.05, 0) is 30.2 Å². The van der Waals surface area contributed by atoms with Crippen molar-refractivity contribution in [1.29, 1.82) is 0 Å². The molecular formula is C22H31N2O3+. The van der Waals surface area contributed by atoms with Gasteiger partial charge in [-0.1, -0.05) is 43.8 Å². The van der Waals surface area contributed by atoms with Gasteiger partial charge in [0.15, 0.2) is 0 Å². The number of nitrogens with one attached hydrogen (secondary N) is 1. The van der Waals surface area contributed by atoms with Crippen LogP contribution in [0, 0.1) is 0 Å². The lowest BCUT2D eigenvalue weighted by molar-refractivity contribution is -0.911. The van der Waals surface area contributed by atoms with Gasteiger partial charge in [-0.25, -0.2) is 0 Å². The molecule has 2 aromatic rings. The average molecular weight is 372 g/mol. The third kappa shape index (κ3) is 7.41. The number of benzene rings is 1. The van der Waals surface area contributed by atoms with Crippen LogP contribution in [0.2, 0.25) is 0 Å². The fraction of sp³-hybridized carbons (Fsp3) is 0.409. The number of hydrogen-bond donors (Lipinski definition) is 2. The summed E-state index contributed by atoms with van der Waals surface area (Å²) in [4.78, 5) is 12.7. The van der Waals surface area contributed by atoms with Crippen LogP contribution in [-0.2, 0) is 22.6 Å². The molecule has 0 amide bonds. The van der Waals surface area contributed by atoms with E-state index in [1.54, 1.807) is 0 Å². The van der Waals surface area contributed by atoms with Crippen LogP contribution in [0.25, 0.3) is 0 Å². The van der Waals surface area contributed by atoms with E-state index < -0.39 is 6.10 Å². The van der Waals surface area contributed by atoms with Gasteiger partial charge in [0.1, 0.15) is 25.8 Å². The molecule has 2 N–H and O–H groups in total. The van der Waals surface area contributed by atoms with E-state index in [9.17, 15) is 9.90 Å². The van der Waals surface area contributed by atoms with Crippen molar-refractivity contribution in [2.24, 2.45) is 0 Å². The first-order chi connectivity index (χ1) is 13.1. The van der Waals surface area contributed by atoms with Gasteiger partial charge in [-0.2, -0.15) is 0 Å². The highest BCUT2D eigenvalue weighted by Gasteiger charge is 2.18. The Morgan fingerprint density at radius 2 is 2.07 bits per heavy atom. The fourth-order valence-electron chi connectivity index (χ4n) is 3.09. The zero-order chi connectivity index (χ0) is 19.5. The zero-order valence-corrected chi connectivity index (χ0v) is 16.1. The van der Waals surface area contributed by atoms with Crippen LogP contribution in [0.5, 0.6) is 0 Å². The number of aliphatic hydroxyl groups is 1. The second-order valence-electron chi connectivity index (χ2n) is 6.82. The molecule has 2 atom stereocenters. The summed E-state index contributed by atoms with van der Waals surface area (Å²) in [5.74, 6) is -0.251. The normalized spacial score (nSPS) is 13.1. The monoisotopic (exact) mass is 371 g/mol. The Kier molecular flexibility index (Phi) is 8.81. The zero-order valence-electron chi connectivity index (χ0n) is 16.1. The summed E-state index contributed by atoms with van der Waals surface area (Å²) in [5, 5.41) is 10.3. The van der Waals surface area contributed by atoms with E-state index in [1.807, 2.05) is 37.3 Å². The number of hydrogen-bond acceptors (Lipinski definition) is 3. The quantitative estimate of drug-likeness (QED) is 0.442. The standard InChI is InChI=1S/C22H30N2O3/c1-3-9-22(26)27-18-21(25)17-23(13-4-2)16-20-12-8-14-24(20)15-19-10-6-5-7-11-19/h4-8,10-12,14,21,25H,2-3,9,13,15-18H2,1H3/p+1/t21-/m1/s1. The van der Waals surface area contributed by atoms with Crippen molar-refractivity contribution >= 4 is 5.97 Å². The van der Waals surface area contributed by atoms with E-state index in [0.717, 1.165) is 26.1 Å². The van der Waals surface area contributed by atoms with Crippen molar-refractivity contribution in [3.8, 4) is 0 Å². The van der Waals surface area contributed by atoms with E-state index >= 15 is 0 Å². The molecule has 146 valence electrons. The van der Waals surface area contributed by atoms with Crippen molar-refractivity contribution in [2.75, 3.05) is 19.7 Å². The summed E-state index contributed by atoms with van der Waals surface area (Å²) in [6, 6.07) is 14.5. The van der Waals surface area contributed by atoms with Crippen molar-refractivity contribution < 1.29 is 19.5 Å². The van der Waals surface area contributed by atoms with Gasteiger partial charge in [0.05, 0.1) is 12.2 Å². The number of aliphatic hydroxyl groups excluding tert-OH is 1. The molecule has 0 saturated heterocycles. The lowest BCUT2D eigenvalue weighted by Gasteiger charge is -2.22. The minimum absolute atomic E-state index is 0.0461. The number of nitrogens with zero attached hydrogens (tertiary/aromatic N) is 1. The Balaban J connectivity index is 1.93. The van der Waals surface area contributed by atoms with Gasteiger partial charge < -0.3 is 19.3 Å². The Morgan fingerprint density at radius 3 is 2.78 bits per heavy atom. The third-order valence-corrected chi connectivity index (χ3v) is 4.40. The van der Waals surface area contributed by atoms with Gasteiger partial charge in [-0.3, -0.25) is 4.79 Å². The van der Waals surface area contributed by atoms with Crippen LogP contribution >= 0.6 is 0 Å². The lowest BCUT2D eigenvalue weighted by atomic mass is 10.2. The number of rotatable bonds is 12. The number of carbonyl (C=O) groups excluding carboxylic acids is 1. The summed E-state index contributed by atoms with van der Waals surface area (Å²) in [6.45, 7) is 8.63. The number of carbonyl (C=O) groups is 1. The summed E-state index contributed by atoms with van der Waals surface area (Å²) >= 11 is 0. The molecule has 0 aliphatic carbocycles. The number of ether oxygens (including phenoxy) is 1. The summed E-state index contributed by atoms with van der Waals surface area (Å²) in [7, 11) is 0. The molecule has 1 aromatic carbocycles. The Labute approximate surface area is 161 Å². The number of aromatic nitrogens is 1. The molecule has 1 aromatic heterocycles. The van der Waals surface area contributed by atoms with Crippen LogP contribution in [0.1, 0.15) is 31.0 Å². The third-order valence-electron chi connectivity index (χ3n) is 4.40. The van der Waals surface area contributed by atoms with Crippen LogP contribution in [-0.4, -0.2) is 41.4 Å².